The van der Waals surface area contributed by atoms with Crippen molar-refractivity contribution in [2.45, 2.75) is 51.1 Å². The van der Waals surface area contributed by atoms with Crippen LogP contribution in [-0.2, 0) is 6.54 Å². The van der Waals surface area contributed by atoms with Crippen molar-refractivity contribution >= 4 is 11.6 Å². The molecular formula is C21H27N3O2. The van der Waals surface area contributed by atoms with Crippen molar-refractivity contribution in [2.75, 3.05) is 12.4 Å². The summed E-state index contributed by atoms with van der Waals surface area (Å²) in [6, 6.07) is 11.9. The summed E-state index contributed by atoms with van der Waals surface area (Å²) >= 11 is 0. The number of anilines is 1. The fourth-order valence-corrected chi connectivity index (χ4v) is 3.39. The number of amides is 1. The number of nitrogens with one attached hydrogen (secondary N) is 2. The van der Waals surface area contributed by atoms with Gasteiger partial charge in [-0.3, -0.25) is 4.79 Å². The van der Waals surface area contributed by atoms with Crippen molar-refractivity contribution in [3.8, 4) is 5.75 Å². The van der Waals surface area contributed by atoms with E-state index < -0.39 is 0 Å². The van der Waals surface area contributed by atoms with E-state index in [2.05, 4.69) is 15.6 Å². The molecule has 0 atom stereocenters. The van der Waals surface area contributed by atoms with Crippen LogP contribution in [0.25, 0.3) is 0 Å². The van der Waals surface area contributed by atoms with Crippen LogP contribution in [0.3, 0.4) is 0 Å². The third-order valence-electron chi connectivity index (χ3n) is 4.85. The van der Waals surface area contributed by atoms with Crippen molar-refractivity contribution in [1.82, 2.24) is 10.3 Å². The normalized spacial score (nSPS) is 15.1. The van der Waals surface area contributed by atoms with Crippen LogP contribution >= 0.6 is 0 Å². The summed E-state index contributed by atoms with van der Waals surface area (Å²) in [5.41, 5.74) is 2.35. The highest BCUT2D eigenvalue weighted by Crippen LogP contribution is 2.21. The Balaban J connectivity index is 1.54. The lowest BCUT2D eigenvalue weighted by molar-refractivity contribution is 0.0945. The molecule has 5 nitrogen and oxygen atoms in total. The molecule has 1 aromatic carbocycles. The van der Waals surface area contributed by atoms with Crippen molar-refractivity contribution in [1.29, 1.82) is 0 Å². The minimum Gasteiger partial charge on any atom is -0.496 e. The summed E-state index contributed by atoms with van der Waals surface area (Å²) in [7, 11) is 1.63. The minimum absolute atomic E-state index is 0.183. The maximum absolute atomic E-state index is 12.3. The van der Waals surface area contributed by atoms with E-state index in [9.17, 15) is 4.79 Å². The summed E-state index contributed by atoms with van der Waals surface area (Å²) < 4.78 is 5.30. The minimum atomic E-state index is -0.183. The standard InChI is InChI=1S/C21H27N3O2/c1-26-20-11-7-6-8-16(20)14-23-21(25)19-13-12-18(15-22-19)24-17-9-4-2-3-5-10-17/h6-8,11-13,15,17,24H,2-5,9-10,14H2,1H3,(H,23,25). The maximum atomic E-state index is 12.3. The van der Waals surface area contributed by atoms with Gasteiger partial charge in [-0.2, -0.15) is 0 Å². The van der Waals surface area contributed by atoms with Crippen LogP contribution in [0.1, 0.15) is 54.6 Å². The molecule has 3 rings (SSSR count). The predicted molar refractivity (Wildman–Crippen MR) is 104 cm³/mol. The zero-order valence-corrected chi connectivity index (χ0v) is 15.3. The van der Waals surface area contributed by atoms with Crippen LogP contribution in [0.2, 0.25) is 0 Å². The van der Waals surface area contributed by atoms with E-state index in [1.54, 1.807) is 19.4 Å². The molecule has 1 heterocycles. The molecule has 0 spiro atoms. The molecule has 5 heteroatoms. The van der Waals surface area contributed by atoms with Crippen molar-refractivity contribution in [3.05, 3.63) is 53.9 Å². The monoisotopic (exact) mass is 353 g/mol. The molecule has 2 N–H and O–H groups in total. The molecule has 0 saturated heterocycles. The van der Waals surface area contributed by atoms with Gasteiger partial charge in [0, 0.05) is 18.2 Å². The molecule has 1 saturated carbocycles. The van der Waals surface area contributed by atoms with Crippen molar-refractivity contribution in [3.63, 3.8) is 0 Å². The van der Waals surface area contributed by atoms with Gasteiger partial charge in [0.25, 0.3) is 5.91 Å². The lowest BCUT2D eigenvalue weighted by Crippen LogP contribution is -2.24. The van der Waals surface area contributed by atoms with Gasteiger partial charge in [-0.25, -0.2) is 4.98 Å². The molecule has 0 aliphatic heterocycles. The van der Waals surface area contributed by atoms with E-state index in [0.717, 1.165) is 17.0 Å². The number of aromatic nitrogens is 1. The third kappa shape index (κ3) is 4.97. The summed E-state index contributed by atoms with van der Waals surface area (Å²) in [6.45, 7) is 0.409. The highest BCUT2D eigenvalue weighted by atomic mass is 16.5. The van der Waals surface area contributed by atoms with E-state index in [1.807, 2.05) is 30.3 Å². The van der Waals surface area contributed by atoms with Crippen LogP contribution in [0.15, 0.2) is 42.6 Å². The van der Waals surface area contributed by atoms with Crippen LogP contribution in [-0.4, -0.2) is 24.0 Å². The number of ether oxygens (including phenoxy) is 1. The Morgan fingerprint density at radius 3 is 2.58 bits per heavy atom. The first-order valence-corrected chi connectivity index (χ1v) is 9.39. The Bertz CT molecular complexity index is 707. The van der Waals surface area contributed by atoms with Gasteiger partial charge in [0.2, 0.25) is 0 Å². The number of pyridine rings is 1. The topological polar surface area (TPSA) is 63.2 Å². The van der Waals surface area contributed by atoms with Gasteiger partial charge in [-0.05, 0) is 31.0 Å². The number of rotatable bonds is 6. The number of benzene rings is 1. The molecule has 1 aromatic heterocycles. The highest BCUT2D eigenvalue weighted by molar-refractivity contribution is 5.92. The molecule has 2 aromatic rings. The third-order valence-corrected chi connectivity index (χ3v) is 4.85. The molecule has 0 unspecified atom stereocenters. The van der Waals surface area contributed by atoms with E-state index in [4.69, 9.17) is 4.74 Å². The van der Waals surface area contributed by atoms with Gasteiger partial charge in [-0.15, -0.1) is 0 Å². The van der Waals surface area contributed by atoms with Gasteiger partial charge in [-0.1, -0.05) is 43.9 Å². The van der Waals surface area contributed by atoms with E-state index in [0.29, 0.717) is 18.3 Å². The molecule has 26 heavy (non-hydrogen) atoms. The second-order valence-corrected chi connectivity index (χ2v) is 6.76. The number of nitrogens with zero attached hydrogens (tertiary/aromatic N) is 1. The fraction of sp³-hybridized carbons (Fsp3) is 0.429. The number of para-hydroxylation sites is 1. The van der Waals surface area contributed by atoms with E-state index in [-0.39, 0.29) is 5.91 Å². The average molecular weight is 353 g/mol. The quantitative estimate of drug-likeness (QED) is 0.766. The van der Waals surface area contributed by atoms with Crippen LogP contribution in [0, 0.1) is 0 Å². The zero-order chi connectivity index (χ0) is 18.2. The maximum Gasteiger partial charge on any atom is 0.270 e. The Hall–Kier alpha value is -2.56. The SMILES string of the molecule is COc1ccccc1CNC(=O)c1ccc(NC2CCCCCC2)cn1. The van der Waals surface area contributed by atoms with Crippen LogP contribution < -0.4 is 15.4 Å². The second kappa shape index (κ2) is 9.22. The summed E-state index contributed by atoms with van der Waals surface area (Å²) in [5.74, 6) is 0.584. The van der Waals surface area contributed by atoms with Gasteiger partial charge < -0.3 is 15.4 Å². The molecule has 1 aliphatic rings. The first-order chi connectivity index (χ1) is 12.8. The first kappa shape index (κ1) is 18.2. The molecule has 1 amide bonds. The van der Waals surface area contributed by atoms with Gasteiger partial charge in [0.1, 0.15) is 11.4 Å². The van der Waals surface area contributed by atoms with Crippen molar-refractivity contribution in [2.24, 2.45) is 0 Å². The Morgan fingerprint density at radius 1 is 1.12 bits per heavy atom. The predicted octanol–water partition coefficient (Wildman–Crippen LogP) is 4.15. The summed E-state index contributed by atoms with van der Waals surface area (Å²) in [5, 5.41) is 6.45. The second-order valence-electron chi connectivity index (χ2n) is 6.76. The molecular weight excluding hydrogens is 326 g/mol. The van der Waals surface area contributed by atoms with Crippen molar-refractivity contribution < 1.29 is 9.53 Å². The smallest absolute Gasteiger partial charge is 0.270 e. The van der Waals surface area contributed by atoms with E-state index >= 15 is 0 Å². The zero-order valence-electron chi connectivity index (χ0n) is 15.3. The number of hydrogen-bond acceptors (Lipinski definition) is 4. The number of carbonyl (C=O) groups excluding carboxylic acids is 1. The number of hydrogen-bond donors (Lipinski definition) is 2. The van der Waals surface area contributed by atoms with E-state index in [1.165, 1.54) is 38.5 Å². The number of carbonyl (C=O) groups is 1. The average Bonchev–Trinajstić information content (AvgIpc) is 2.95. The molecule has 138 valence electrons. The largest absolute Gasteiger partial charge is 0.496 e. The molecule has 1 aliphatic carbocycles. The summed E-state index contributed by atoms with van der Waals surface area (Å²) in [4.78, 5) is 16.6. The lowest BCUT2D eigenvalue weighted by Gasteiger charge is -2.17. The van der Waals surface area contributed by atoms with Gasteiger partial charge in [0.05, 0.1) is 19.0 Å². The molecule has 0 bridgehead atoms. The number of methoxy groups -OCH3 is 1. The van der Waals surface area contributed by atoms with Gasteiger partial charge >= 0.3 is 0 Å². The Labute approximate surface area is 155 Å². The highest BCUT2D eigenvalue weighted by Gasteiger charge is 2.13. The Morgan fingerprint density at radius 2 is 1.88 bits per heavy atom. The Kier molecular flexibility index (Phi) is 6.47. The van der Waals surface area contributed by atoms with Gasteiger partial charge in [0.15, 0.2) is 0 Å². The lowest BCUT2D eigenvalue weighted by atomic mass is 10.1. The summed E-state index contributed by atoms with van der Waals surface area (Å²) in [6.07, 6.45) is 9.41. The molecule has 0 radical (unpaired) electrons. The van der Waals surface area contributed by atoms with Crippen LogP contribution in [0.5, 0.6) is 5.75 Å². The molecule has 1 fully saturated rings. The van der Waals surface area contributed by atoms with Crippen LogP contribution in [0.4, 0.5) is 5.69 Å². The fourth-order valence-electron chi connectivity index (χ4n) is 3.39. The first-order valence-electron chi connectivity index (χ1n) is 9.39.